The molecule has 0 radical (unpaired) electrons. The number of unbranched alkanes of at least 4 members (excludes halogenated alkanes) is 1. The smallest absolute Gasteiger partial charge is 0.0494 e. The Hall–Kier alpha value is -0.0800. The predicted octanol–water partition coefficient (Wildman–Crippen LogP) is 1.82. The summed E-state index contributed by atoms with van der Waals surface area (Å²) >= 11 is 0. The molecule has 72 valence electrons. The second-order valence-electron chi connectivity index (χ2n) is 3.81. The fraction of sp³-hybridized carbons (Fsp3) is 1.00. The molecular weight excluding hydrogens is 152 g/mol. The van der Waals surface area contributed by atoms with E-state index in [0.29, 0.717) is 12.5 Å². The third kappa shape index (κ3) is 3.11. The van der Waals surface area contributed by atoms with Crippen molar-refractivity contribution in [3.8, 4) is 0 Å². The maximum atomic E-state index is 8.77. The Bertz CT molecular complexity index is 108. The van der Waals surface area contributed by atoms with Crippen molar-refractivity contribution in [2.45, 2.75) is 32.6 Å². The van der Waals surface area contributed by atoms with E-state index in [0.717, 1.165) is 19.1 Å². The van der Waals surface area contributed by atoms with Gasteiger partial charge < -0.3 is 9.84 Å². The van der Waals surface area contributed by atoms with Gasteiger partial charge in [0, 0.05) is 19.8 Å². The number of aliphatic hydroxyl groups is 1. The molecular formula is C10H20O2. The highest BCUT2D eigenvalue weighted by atomic mass is 16.5. The lowest BCUT2D eigenvalue weighted by Crippen LogP contribution is -2.29. The van der Waals surface area contributed by atoms with E-state index < -0.39 is 0 Å². The van der Waals surface area contributed by atoms with Gasteiger partial charge >= 0.3 is 0 Å². The van der Waals surface area contributed by atoms with E-state index >= 15 is 0 Å². The molecule has 0 aromatic rings. The van der Waals surface area contributed by atoms with Gasteiger partial charge in [-0.3, -0.25) is 0 Å². The first-order valence-corrected chi connectivity index (χ1v) is 5.05. The quantitative estimate of drug-likeness (QED) is 0.619. The zero-order chi connectivity index (χ0) is 8.81. The van der Waals surface area contributed by atoms with Crippen molar-refractivity contribution < 1.29 is 9.84 Å². The van der Waals surface area contributed by atoms with Crippen LogP contribution in [0.25, 0.3) is 0 Å². The Labute approximate surface area is 74.9 Å². The molecule has 0 unspecified atom stereocenters. The molecule has 0 aliphatic heterocycles. The van der Waals surface area contributed by atoms with Crippen molar-refractivity contribution in [3.05, 3.63) is 0 Å². The third-order valence-electron chi connectivity index (χ3n) is 2.59. The van der Waals surface area contributed by atoms with Gasteiger partial charge in [0.2, 0.25) is 0 Å². The minimum atomic E-state index is 0.367. The Morgan fingerprint density at radius 1 is 1.33 bits per heavy atom. The van der Waals surface area contributed by atoms with E-state index in [9.17, 15) is 0 Å². The lowest BCUT2D eigenvalue weighted by molar-refractivity contribution is 0.0232. The molecule has 0 saturated heterocycles. The summed E-state index contributed by atoms with van der Waals surface area (Å²) in [6, 6.07) is 0. The molecule has 1 aliphatic carbocycles. The average molecular weight is 172 g/mol. The van der Waals surface area contributed by atoms with Gasteiger partial charge in [0.1, 0.15) is 0 Å². The largest absolute Gasteiger partial charge is 0.396 e. The predicted molar refractivity (Wildman–Crippen MR) is 49.0 cm³/mol. The average Bonchev–Trinajstić information content (AvgIpc) is 2.01. The van der Waals surface area contributed by atoms with Crippen LogP contribution in [0.2, 0.25) is 0 Å². The Morgan fingerprint density at radius 3 is 2.67 bits per heavy atom. The molecule has 12 heavy (non-hydrogen) atoms. The molecule has 1 saturated carbocycles. The minimum absolute atomic E-state index is 0.367. The lowest BCUT2D eigenvalue weighted by atomic mass is 9.76. The summed E-state index contributed by atoms with van der Waals surface area (Å²) in [7, 11) is 0. The molecule has 2 heteroatoms. The monoisotopic (exact) mass is 172 g/mol. The number of aliphatic hydroxyl groups excluding tert-OH is 1. The van der Waals surface area contributed by atoms with E-state index in [1.165, 1.54) is 25.7 Å². The van der Waals surface area contributed by atoms with Gasteiger partial charge in [0.15, 0.2) is 0 Å². The van der Waals surface area contributed by atoms with Crippen LogP contribution in [0.4, 0.5) is 0 Å². The fourth-order valence-corrected chi connectivity index (χ4v) is 1.66. The molecule has 0 amide bonds. The van der Waals surface area contributed by atoms with Crippen LogP contribution in [0.15, 0.2) is 0 Å². The zero-order valence-electron chi connectivity index (χ0n) is 7.96. The molecule has 0 aromatic heterocycles. The van der Waals surface area contributed by atoms with Crippen LogP contribution >= 0.6 is 0 Å². The maximum Gasteiger partial charge on any atom is 0.0494 e. The molecule has 1 rings (SSSR count). The van der Waals surface area contributed by atoms with E-state index in [2.05, 4.69) is 6.92 Å². The molecule has 1 aliphatic rings. The van der Waals surface area contributed by atoms with Crippen LogP contribution in [-0.2, 0) is 4.74 Å². The number of rotatable bonds is 6. The van der Waals surface area contributed by atoms with Gasteiger partial charge in [0.25, 0.3) is 0 Å². The molecule has 0 heterocycles. The number of hydrogen-bond acceptors (Lipinski definition) is 2. The highest BCUT2D eigenvalue weighted by Crippen LogP contribution is 2.33. The van der Waals surface area contributed by atoms with Gasteiger partial charge in [-0.25, -0.2) is 0 Å². The van der Waals surface area contributed by atoms with Gasteiger partial charge in [-0.2, -0.15) is 0 Å². The van der Waals surface area contributed by atoms with Crippen molar-refractivity contribution in [3.63, 3.8) is 0 Å². The number of hydrogen-bond donors (Lipinski definition) is 1. The van der Waals surface area contributed by atoms with E-state index in [1.807, 2.05) is 0 Å². The fourth-order valence-electron chi connectivity index (χ4n) is 1.66. The lowest BCUT2D eigenvalue weighted by Gasteiger charge is -2.33. The second kappa shape index (κ2) is 5.55. The van der Waals surface area contributed by atoms with Gasteiger partial charge in [0.05, 0.1) is 0 Å². The third-order valence-corrected chi connectivity index (χ3v) is 2.59. The first kappa shape index (κ1) is 10.0. The minimum Gasteiger partial charge on any atom is -0.396 e. The van der Waals surface area contributed by atoms with Crippen molar-refractivity contribution in [2.75, 3.05) is 19.8 Å². The molecule has 1 N–H and O–H groups in total. The molecule has 0 aromatic carbocycles. The summed E-state index contributed by atoms with van der Waals surface area (Å²) in [5, 5.41) is 8.77. The topological polar surface area (TPSA) is 29.5 Å². The highest BCUT2D eigenvalue weighted by molar-refractivity contribution is 4.78. The van der Waals surface area contributed by atoms with Crippen LogP contribution in [0.1, 0.15) is 32.6 Å². The van der Waals surface area contributed by atoms with Crippen LogP contribution in [0, 0.1) is 11.8 Å². The summed E-state index contributed by atoms with van der Waals surface area (Å²) in [6.07, 6.45) is 4.73. The molecule has 2 nitrogen and oxygen atoms in total. The molecule has 0 spiro atoms. The summed E-state index contributed by atoms with van der Waals surface area (Å²) in [4.78, 5) is 0. The highest BCUT2D eigenvalue weighted by Gasteiger charge is 2.27. The summed E-state index contributed by atoms with van der Waals surface area (Å²) in [5.41, 5.74) is 0. The Morgan fingerprint density at radius 2 is 2.08 bits per heavy atom. The Kier molecular flexibility index (Phi) is 4.62. The Balaban J connectivity index is 1.83. The molecule has 0 atom stereocenters. The summed E-state index contributed by atoms with van der Waals surface area (Å²) in [6.45, 7) is 4.37. The number of ether oxygens (including phenoxy) is 1. The first-order valence-electron chi connectivity index (χ1n) is 5.05. The SMILES string of the molecule is CCCCOC[C@H]1C[C@@H](CO)C1. The van der Waals surface area contributed by atoms with Gasteiger partial charge in [-0.15, -0.1) is 0 Å². The standard InChI is InChI=1S/C10H20O2/c1-2-3-4-12-8-10-5-9(6-10)7-11/h9-11H,2-8H2,1H3/t9-,10+. The zero-order valence-corrected chi connectivity index (χ0v) is 7.96. The van der Waals surface area contributed by atoms with Crippen LogP contribution in [0.3, 0.4) is 0 Å². The van der Waals surface area contributed by atoms with E-state index in [1.54, 1.807) is 0 Å². The summed E-state index contributed by atoms with van der Waals surface area (Å²) < 4.78 is 5.49. The normalized spacial score (nSPS) is 28.5. The van der Waals surface area contributed by atoms with E-state index in [4.69, 9.17) is 9.84 Å². The van der Waals surface area contributed by atoms with Crippen molar-refractivity contribution in [1.29, 1.82) is 0 Å². The van der Waals surface area contributed by atoms with E-state index in [-0.39, 0.29) is 0 Å². The van der Waals surface area contributed by atoms with Crippen molar-refractivity contribution in [1.82, 2.24) is 0 Å². The second-order valence-corrected chi connectivity index (χ2v) is 3.81. The maximum absolute atomic E-state index is 8.77. The van der Waals surface area contributed by atoms with Gasteiger partial charge in [-0.1, -0.05) is 13.3 Å². The van der Waals surface area contributed by atoms with Crippen molar-refractivity contribution in [2.24, 2.45) is 11.8 Å². The van der Waals surface area contributed by atoms with Gasteiger partial charge in [-0.05, 0) is 31.1 Å². The molecule has 0 bridgehead atoms. The van der Waals surface area contributed by atoms with Crippen LogP contribution in [-0.4, -0.2) is 24.9 Å². The first-order chi connectivity index (χ1) is 5.86. The van der Waals surface area contributed by atoms with Crippen LogP contribution < -0.4 is 0 Å². The summed E-state index contributed by atoms with van der Waals surface area (Å²) in [5.74, 6) is 1.31. The van der Waals surface area contributed by atoms with Crippen molar-refractivity contribution >= 4 is 0 Å². The van der Waals surface area contributed by atoms with Crippen LogP contribution in [0.5, 0.6) is 0 Å². The molecule has 1 fully saturated rings.